The molecule has 108 valence electrons. The molecule has 2 aromatic rings. The van der Waals surface area contributed by atoms with E-state index in [0.717, 1.165) is 12.0 Å². The minimum Gasteiger partial charge on any atom is -0.444 e. The molecule has 0 bridgehead atoms. The lowest BCUT2D eigenvalue weighted by Gasteiger charge is -2.04. The first kappa shape index (κ1) is 14.6. The molecule has 0 saturated heterocycles. The summed E-state index contributed by atoms with van der Waals surface area (Å²) in [5.74, 6) is 0.450. The van der Waals surface area contributed by atoms with Crippen molar-refractivity contribution < 1.29 is 13.9 Å². The molecule has 0 saturated carbocycles. The van der Waals surface area contributed by atoms with Crippen molar-refractivity contribution in [2.75, 3.05) is 5.32 Å². The number of nitrogens with one attached hydrogen (secondary N) is 1. The Labute approximate surface area is 122 Å². The molecule has 1 N–H and O–H groups in total. The van der Waals surface area contributed by atoms with E-state index < -0.39 is 6.09 Å². The van der Waals surface area contributed by atoms with Crippen LogP contribution in [-0.4, -0.2) is 11.1 Å². The minimum atomic E-state index is -0.686. The number of oxazole rings is 1. The summed E-state index contributed by atoms with van der Waals surface area (Å²) in [4.78, 5) is 15.7. The zero-order chi connectivity index (χ0) is 15.1. The van der Waals surface area contributed by atoms with Gasteiger partial charge in [-0.15, -0.1) is 0 Å². The predicted molar refractivity (Wildman–Crippen MR) is 75.5 cm³/mol. The van der Waals surface area contributed by atoms with Crippen LogP contribution in [0.1, 0.15) is 30.5 Å². The van der Waals surface area contributed by atoms with Crippen LogP contribution in [0.3, 0.4) is 0 Å². The minimum absolute atomic E-state index is 0.0269. The van der Waals surface area contributed by atoms with Crippen molar-refractivity contribution in [1.29, 1.82) is 5.26 Å². The largest absolute Gasteiger partial charge is 0.444 e. The SMILES string of the molecule is CCCc1nc(C#N)c(NC(=O)OCc2ccccc2)o1. The first-order valence-corrected chi connectivity index (χ1v) is 6.60. The molecule has 1 heterocycles. The maximum Gasteiger partial charge on any atom is 0.414 e. The molecule has 1 aromatic carbocycles. The Morgan fingerprint density at radius 1 is 1.43 bits per heavy atom. The number of nitrogens with zero attached hydrogens (tertiary/aromatic N) is 2. The number of carbonyl (C=O) groups excluding carboxylic acids is 1. The molecule has 0 aliphatic carbocycles. The Bertz CT molecular complexity index is 644. The number of benzene rings is 1. The van der Waals surface area contributed by atoms with Crippen LogP contribution in [0.2, 0.25) is 0 Å². The standard InChI is InChI=1S/C15H15N3O3/c1-2-6-13-17-12(9-16)14(21-13)18-15(19)20-10-11-7-4-3-5-8-11/h3-5,7-8H,2,6,10H2,1H3,(H,18,19). The summed E-state index contributed by atoms with van der Waals surface area (Å²) in [6.07, 6.45) is 0.758. The van der Waals surface area contributed by atoms with Crippen LogP contribution in [-0.2, 0) is 17.8 Å². The number of aromatic nitrogens is 1. The number of hydrogen-bond donors (Lipinski definition) is 1. The number of nitriles is 1. The van der Waals surface area contributed by atoms with Gasteiger partial charge >= 0.3 is 6.09 Å². The maximum absolute atomic E-state index is 11.7. The summed E-state index contributed by atoms with van der Waals surface area (Å²) in [6, 6.07) is 11.2. The van der Waals surface area contributed by atoms with Gasteiger partial charge < -0.3 is 9.15 Å². The molecular weight excluding hydrogens is 270 g/mol. The molecular formula is C15H15N3O3. The van der Waals surface area contributed by atoms with Crippen LogP contribution < -0.4 is 5.32 Å². The highest BCUT2D eigenvalue weighted by molar-refractivity contribution is 5.84. The Balaban J connectivity index is 1.95. The molecule has 6 nitrogen and oxygen atoms in total. The molecule has 1 amide bonds. The average Bonchev–Trinajstić information content (AvgIpc) is 2.88. The Morgan fingerprint density at radius 3 is 2.86 bits per heavy atom. The number of amides is 1. The normalized spacial score (nSPS) is 9.90. The van der Waals surface area contributed by atoms with Crippen molar-refractivity contribution in [3.8, 4) is 6.07 Å². The highest BCUT2D eigenvalue weighted by Crippen LogP contribution is 2.18. The van der Waals surface area contributed by atoms with E-state index in [2.05, 4.69) is 10.3 Å². The third kappa shape index (κ3) is 4.08. The van der Waals surface area contributed by atoms with Gasteiger partial charge in [-0.3, -0.25) is 5.32 Å². The van der Waals surface area contributed by atoms with Crippen molar-refractivity contribution in [3.05, 3.63) is 47.5 Å². The highest BCUT2D eigenvalue weighted by atomic mass is 16.6. The Kier molecular flexibility index (Phi) is 4.94. The lowest BCUT2D eigenvalue weighted by Crippen LogP contribution is -2.13. The van der Waals surface area contributed by atoms with E-state index in [1.165, 1.54) is 0 Å². The van der Waals surface area contributed by atoms with Gasteiger partial charge in [0, 0.05) is 6.42 Å². The monoisotopic (exact) mass is 285 g/mol. The predicted octanol–water partition coefficient (Wildman–Crippen LogP) is 3.25. The second kappa shape index (κ2) is 7.10. The van der Waals surface area contributed by atoms with Crippen LogP contribution in [0.5, 0.6) is 0 Å². The van der Waals surface area contributed by atoms with Gasteiger partial charge in [0.2, 0.25) is 11.6 Å². The zero-order valence-electron chi connectivity index (χ0n) is 11.6. The fourth-order valence-corrected chi connectivity index (χ4v) is 1.70. The van der Waals surface area contributed by atoms with E-state index in [9.17, 15) is 4.79 Å². The van der Waals surface area contributed by atoms with Crippen molar-refractivity contribution in [1.82, 2.24) is 4.98 Å². The number of rotatable bonds is 5. The van der Waals surface area contributed by atoms with Crippen molar-refractivity contribution in [2.45, 2.75) is 26.4 Å². The third-order valence-corrected chi connectivity index (χ3v) is 2.67. The lowest BCUT2D eigenvalue weighted by molar-refractivity contribution is 0.154. The second-order valence-corrected chi connectivity index (χ2v) is 4.33. The van der Waals surface area contributed by atoms with Crippen molar-refractivity contribution in [3.63, 3.8) is 0 Å². The number of aryl methyl sites for hydroxylation is 1. The third-order valence-electron chi connectivity index (χ3n) is 2.67. The highest BCUT2D eigenvalue weighted by Gasteiger charge is 2.15. The topological polar surface area (TPSA) is 88.2 Å². The second-order valence-electron chi connectivity index (χ2n) is 4.33. The van der Waals surface area contributed by atoms with E-state index in [0.29, 0.717) is 12.3 Å². The quantitative estimate of drug-likeness (QED) is 0.911. The first-order valence-electron chi connectivity index (χ1n) is 6.60. The Morgan fingerprint density at radius 2 is 2.19 bits per heavy atom. The van der Waals surface area contributed by atoms with Crippen molar-refractivity contribution >= 4 is 12.0 Å². The van der Waals surface area contributed by atoms with Gasteiger partial charge in [-0.25, -0.2) is 9.78 Å². The van der Waals surface area contributed by atoms with E-state index in [1.54, 1.807) is 0 Å². The Hall–Kier alpha value is -2.81. The van der Waals surface area contributed by atoms with Crippen LogP contribution in [0.25, 0.3) is 0 Å². The maximum atomic E-state index is 11.7. The zero-order valence-corrected chi connectivity index (χ0v) is 11.6. The number of ether oxygens (including phenoxy) is 1. The van der Waals surface area contributed by atoms with Gasteiger partial charge in [0.15, 0.2) is 5.89 Å². The van der Waals surface area contributed by atoms with Gasteiger partial charge in [-0.05, 0) is 12.0 Å². The summed E-state index contributed by atoms with van der Waals surface area (Å²) in [7, 11) is 0. The summed E-state index contributed by atoms with van der Waals surface area (Å²) in [5.41, 5.74) is 0.924. The molecule has 6 heteroatoms. The number of carbonyl (C=O) groups is 1. The summed E-state index contributed by atoms with van der Waals surface area (Å²) in [5, 5.41) is 11.4. The van der Waals surface area contributed by atoms with Crippen LogP contribution in [0.4, 0.5) is 10.7 Å². The fourth-order valence-electron chi connectivity index (χ4n) is 1.70. The van der Waals surface area contributed by atoms with Crippen LogP contribution >= 0.6 is 0 Å². The van der Waals surface area contributed by atoms with E-state index in [1.807, 2.05) is 43.3 Å². The van der Waals surface area contributed by atoms with Gasteiger partial charge in [0.25, 0.3) is 0 Å². The lowest BCUT2D eigenvalue weighted by atomic mass is 10.2. The fraction of sp³-hybridized carbons (Fsp3) is 0.267. The smallest absolute Gasteiger partial charge is 0.414 e. The number of anilines is 1. The molecule has 0 aliphatic heterocycles. The molecule has 0 atom stereocenters. The van der Waals surface area contributed by atoms with Crippen LogP contribution in [0, 0.1) is 11.3 Å². The number of hydrogen-bond acceptors (Lipinski definition) is 5. The van der Waals surface area contributed by atoms with E-state index >= 15 is 0 Å². The van der Waals surface area contributed by atoms with Gasteiger partial charge in [-0.1, -0.05) is 37.3 Å². The summed E-state index contributed by atoms with van der Waals surface area (Å²) >= 11 is 0. The molecule has 0 spiro atoms. The molecule has 21 heavy (non-hydrogen) atoms. The van der Waals surface area contributed by atoms with Gasteiger partial charge in [-0.2, -0.15) is 5.26 Å². The van der Waals surface area contributed by atoms with Gasteiger partial charge in [0.05, 0.1) is 0 Å². The molecule has 1 aromatic heterocycles. The molecule has 0 fully saturated rings. The summed E-state index contributed by atoms with van der Waals surface area (Å²) < 4.78 is 10.4. The van der Waals surface area contributed by atoms with E-state index in [4.69, 9.17) is 14.4 Å². The summed E-state index contributed by atoms with van der Waals surface area (Å²) in [6.45, 7) is 2.11. The van der Waals surface area contributed by atoms with Gasteiger partial charge in [0.1, 0.15) is 12.7 Å². The average molecular weight is 285 g/mol. The molecule has 0 unspecified atom stereocenters. The van der Waals surface area contributed by atoms with E-state index in [-0.39, 0.29) is 18.2 Å². The van der Waals surface area contributed by atoms with Crippen LogP contribution in [0.15, 0.2) is 34.7 Å². The molecule has 0 aliphatic rings. The van der Waals surface area contributed by atoms with Crippen molar-refractivity contribution in [2.24, 2.45) is 0 Å². The molecule has 0 radical (unpaired) electrons. The molecule has 2 rings (SSSR count). The first-order chi connectivity index (χ1) is 10.2.